The van der Waals surface area contributed by atoms with Crippen molar-refractivity contribution in [3.05, 3.63) is 23.4 Å². The fourth-order valence-corrected chi connectivity index (χ4v) is 2.48. The van der Waals surface area contributed by atoms with Gasteiger partial charge in [-0.2, -0.15) is 0 Å². The van der Waals surface area contributed by atoms with Crippen LogP contribution in [-0.4, -0.2) is 35.6 Å². The molecule has 0 aliphatic carbocycles. The predicted octanol–water partition coefficient (Wildman–Crippen LogP) is 3.02. The molecular formula is C13H20ClN3. The summed E-state index contributed by atoms with van der Waals surface area (Å²) in [7, 11) is 0. The summed E-state index contributed by atoms with van der Waals surface area (Å²) in [5, 5.41) is 4.02. The molecule has 1 aromatic heterocycles. The number of nitrogens with zero attached hydrogens (tertiary/aromatic N) is 2. The highest BCUT2D eigenvalue weighted by Crippen LogP contribution is 2.16. The first kappa shape index (κ1) is 12.7. The molecule has 2 heterocycles. The Kier molecular flexibility index (Phi) is 4.63. The third-order valence-corrected chi connectivity index (χ3v) is 3.41. The van der Waals surface area contributed by atoms with Gasteiger partial charge in [0, 0.05) is 19.1 Å². The van der Waals surface area contributed by atoms with Crippen LogP contribution in [0.25, 0.3) is 0 Å². The summed E-state index contributed by atoms with van der Waals surface area (Å²) < 4.78 is 0. The first-order valence-electron chi connectivity index (χ1n) is 6.39. The van der Waals surface area contributed by atoms with Crippen molar-refractivity contribution in [1.82, 2.24) is 9.88 Å². The van der Waals surface area contributed by atoms with E-state index in [-0.39, 0.29) is 0 Å². The Morgan fingerprint density at radius 2 is 2.18 bits per heavy atom. The maximum absolute atomic E-state index is 5.87. The highest BCUT2D eigenvalue weighted by Gasteiger charge is 2.18. The topological polar surface area (TPSA) is 28.2 Å². The average molecular weight is 254 g/mol. The summed E-state index contributed by atoms with van der Waals surface area (Å²) in [6, 6.07) is 6.25. The molecule has 1 aliphatic heterocycles. The van der Waals surface area contributed by atoms with Gasteiger partial charge >= 0.3 is 0 Å². The first-order valence-corrected chi connectivity index (χ1v) is 6.77. The van der Waals surface area contributed by atoms with E-state index in [0.717, 1.165) is 5.82 Å². The van der Waals surface area contributed by atoms with E-state index in [4.69, 9.17) is 11.6 Å². The molecule has 1 saturated heterocycles. The van der Waals surface area contributed by atoms with E-state index in [2.05, 4.69) is 22.1 Å². The molecule has 0 amide bonds. The maximum Gasteiger partial charge on any atom is 0.131 e. The molecule has 0 atom stereocenters. The number of rotatable bonds is 4. The molecular weight excluding hydrogens is 234 g/mol. The van der Waals surface area contributed by atoms with Crippen molar-refractivity contribution in [2.75, 3.05) is 25.0 Å². The number of hydrogen-bond donors (Lipinski definition) is 1. The molecule has 0 spiro atoms. The van der Waals surface area contributed by atoms with Gasteiger partial charge in [-0.25, -0.2) is 4.98 Å². The molecule has 0 saturated carbocycles. The van der Waals surface area contributed by atoms with Crippen LogP contribution >= 0.6 is 11.6 Å². The van der Waals surface area contributed by atoms with Crippen molar-refractivity contribution in [2.45, 2.75) is 32.2 Å². The maximum atomic E-state index is 5.87. The highest BCUT2D eigenvalue weighted by molar-refractivity contribution is 6.29. The number of anilines is 1. The van der Waals surface area contributed by atoms with E-state index >= 15 is 0 Å². The number of likely N-dealkylation sites (tertiary alicyclic amines) is 1. The zero-order valence-electron chi connectivity index (χ0n) is 10.3. The second kappa shape index (κ2) is 6.22. The van der Waals surface area contributed by atoms with Crippen LogP contribution in [0.1, 0.15) is 26.2 Å². The Bertz CT molecular complexity index is 348. The van der Waals surface area contributed by atoms with Gasteiger partial charge < -0.3 is 10.2 Å². The number of halogens is 1. The highest BCUT2D eigenvalue weighted by atomic mass is 35.5. The standard InChI is InChI=1S/C13H20ClN3/c1-2-8-17-9-6-11(7-10-17)15-13-5-3-4-12(14)16-13/h3-5,11H,2,6-10H2,1H3,(H,15,16). The molecule has 1 aliphatic rings. The quantitative estimate of drug-likeness (QED) is 0.836. The Labute approximate surface area is 108 Å². The Hall–Kier alpha value is -0.800. The lowest BCUT2D eigenvalue weighted by atomic mass is 10.0. The SMILES string of the molecule is CCCN1CCC(Nc2cccc(Cl)n2)CC1. The average Bonchev–Trinajstić information content (AvgIpc) is 2.32. The van der Waals surface area contributed by atoms with Gasteiger partial charge in [-0.15, -0.1) is 0 Å². The van der Waals surface area contributed by atoms with Gasteiger partial charge in [-0.3, -0.25) is 0 Å². The fourth-order valence-electron chi connectivity index (χ4n) is 2.31. The molecule has 0 aromatic carbocycles. The third kappa shape index (κ3) is 3.86. The van der Waals surface area contributed by atoms with Gasteiger partial charge in [0.2, 0.25) is 0 Å². The lowest BCUT2D eigenvalue weighted by molar-refractivity contribution is 0.219. The summed E-state index contributed by atoms with van der Waals surface area (Å²) in [4.78, 5) is 6.79. The summed E-state index contributed by atoms with van der Waals surface area (Å²) in [6.07, 6.45) is 3.62. The molecule has 4 heteroatoms. The molecule has 2 rings (SSSR count). The minimum atomic E-state index is 0.536. The molecule has 1 fully saturated rings. The van der Waals surface area contributed by atoms with Crippen LogP contribution < -0.4 is 5.32 Å². The third-order valence-electron chi connectivity index (χ3n) is 3.19. The van der Waals surface area contributed by atoms with Crippen molar-refractivity contribution < 1.29 is 0 Å². The van der Waals surface area contributed by atoms with Crippen LogP contribution in [0.3, 0.4) is 0 Å². The van der Waals surface area contributed by atoms with Crippen molar-refractivity contribution in [2.24, 2.45) is 0 Å². The van der Waals surface area contributed by atoms with E-state index in [9.17, 15) is 0 Å². The van der Waals surface area contributed by atoms with Crippen LogP contribution in [0.5, 0.6) is 0 Å². The Morgan fingerprint density at radius 1 is 1.41 bits per heavy atom. The number of nitrogens with one attached hydrogen (secondary N) is 1. The van der Waals surface area contributed by atoms with Crippen LogP contribution in [0.4, 0.5) is 5.82 Å². The molecule has 17 heavy (non-hydrogen) atoms. The van der Waals surface area contributed by atoms with Crippen LogP contribution in [0.15, 0.2) is 18.2 Å². The Morgan fingerprint density at radius 3 is 2.82 bits per heavy atom. The van der Waals surface area contributed by atoms with Crippen molar-refractivity contribution in [3.8, 4) is 0 Å². The van der Waals surface area contributed by atoms with Gasteiger partial charge in [-0.05, 0) is 37.9 Å². The lowest BCUT2D eigenvalue weighted by Gasteiger charge is -2.32. The summed E-state index contributed by atoms with van der Waals surface area (Å²) in [5.41, 5.74) is 0. The molecule has 0 bridgehead atoms. The predicted molar refractivity (Wildman–Crippen MR) is 72.6 cm³/mol. The largest absolute Gasteiger partial charge is 0.367 e. The monoisotopic (exact) mass is 253 g/mol. The van der Waals surface area contributed by atoms with Gasteiger partial charge in [-0.1, -0.05) is 24.6 Å². The molecule has 1 aromatic rings. The summed E-state index contributed by atoms with van der Waals surface area (Å²) in [6.45, 7) is 5.83. The number of aromatic nitrogens is 1. The zero-order valence-corrected chi connectivity index (χ0v) is 11.1. The van der Waals surface area contributed by atoms with Gasteiger partial charge in [0.05, 0.1) is 0 Å². The normalized spacial score (nSPS) is 18.2. The number of pyridine rings is 1. The Balaban J connectivity index is 1.82. The van der Waals surface area contributed by atoms with E-state index in [1.807, 2.05) is 12.1 Å². The number of hydrogen-bond acceptors (Lipinski definition) is 3. The second-order valence-corrected chi connectivity index (χ2v) is 4.99. The molecule has 0 unspecified atom stereocenters. The minimum absolute atomic E-state index is 0.536. The van der Waals surface area contributed by atoms with E-state index in [1.54, 1.807) is 6.07 Å². The van der Waals surface area contributed by atoms with Gasteiger partial charge in [0.25, 0.3) is 0 Å². The summed E-state index contributed by atoms with van der Waals surface area (Å²) >= 11 is 5.87. The van der Waals surface area contributed by atoms with E-state index in [0.29, 0.717) is 11.2 Å². The van der Waals surface area contributed by atoms with E-state index < -0.39 is 0 Å². The van der Waals surface area contributed by atoms with Gasteiger partial charge in [0.15, 0.2) is 0 Å². The van der Waals surface area contributed by atoms with Crippen LogP contribution in [0.2, 0.25) is 5.15 Å². The van der Waals surface area contributed by atoms with E-state index in [1.165, 1.54) is 38.9 Å². The molecule has 0 radical (unpaired) electrons. The minimum Gasteiger partial charge on any atom is -0.367 e. The molecule has 3 nitrogen and oxygen atoms in total. The van der Waals surface area contributed by atoms with Crippen LogP contribution in [0, 0.1) is 0 Å². The zero-order chi connectivity index (χ0) is 12.1. The van der Waals surface area contributed by atoms with Crippen molar-refractivity contribution >= 4 is 17.4 Å². The van der Waals surface area contributed by atoms with Crippen LogP contribution in [-0.2, 0) is 0 Å². The van der Waals surface area contributed by atoms with Crippen molar-refractivity contribution in [3.63, 3.8) is 0 Å². The summed E-state index contributed by atoms with van der Waals surface area (Å²) in [5.74, 6) is 0.895. The van der Waals surface area contributed by atoms with Crippen molar-refractivity contribution in [1.29, 1.82) is 0 Å². The fraction of sp³-hybridized carbons (Fsp3) is 0.615. The lowest BCUT2D eigenvalue weighted by Crippen LogP contribution is -2.39. The van der Waals surface area contributed by atoms with Gasteiger partial charge in [0.1, 0.15) is 11.0 Å². The second-order valence-electron chi connectivity index (χ2n) is 4.61. The smallest absolute Gasteiger partial charge is 0.131 e. The molecule has 1 N–H and O–H groups in total. The number of piperidine rings is 1. The molecule has 94 valence electrons. The first-order chi connectivity index (χ1) is 8.28.